The van der Waals surface area contributed by atoms with Gasteiger partial charge in [0.25, 0.3) is 0 Å². The summed E-state index contributed by atoms with van der Waals surface area (Å²) < 4.78 is 10.5. The van der Waals surface area contributed by atoms with Gasteiger partial charge in [-0.1, -0.05) is 66.7 Å². The monoisotopic (exact) mass is 464 g/mol. The number of esters is 2. The molecule has 0 aromatic heterocycles. The van der Waals surface area contributed by atoms with Crippen LogP contribution < -0.4 is 4.74 Å². The van der Waals surface area contributed by atoms with Crippen LogP contribution in [0, 0.1) is 0 Å². The lowest BCUT2D eigenvalue weighted by molar-refractivity contribution is 0.0472. The molecule has 0 fully saturated rings. The number of carbonyl (C=O) groups is 4. The first kappa shape index (κ1) is 23.3. The van der Waals surface area contributed by atoms with E-state index < -0.39 is 24.3 Å². The number of ether oxygens (including phenoxy) is 2. The fourth-order valence-corrected chi connectivity index (χ4v) is 3.35. The van der Waals surface area contributed by atoms with E-state index in [9.17, 15) is 19.2 Å². The van der Waals surface area contributed by atoms with Gasteiger partial charge < -0.3 is 9.47 Å². The standard InChI is InChI=1S/C29H20O6/c30-26(20-15-17-23(18-16-20)35-28(32)22-11-5-2-6-12-22)19-34-29(33)25-14-8-7-13-24(25)27(31)21-9-3-1-4-10-21/h1-18H,19H2. The summed E-state index contributed by atoms with van der Waals surface area (Å²) in [4.78, 5) is 50.1. The van der Waals surface area contributed by atoms with Crippen molar-refractivity contribution in [1.29, 1.82) is 0 Å². The van der Waals surface area contributed by atoms with Gasteiger partial charge >= 0.3 is 11.9 Å². The Hall–Kier alpha value is -4.84. The van der Waals surface area contributed by atoms with Crippen molar-refractivity contribution in [3.05, 3.63) is 137 Å². The molecule has 0 aliphatic heterocycles. The fraction of sp³-hybridized carbons (Fsp3) is 0.0345. The van der Waals surface area contributed by atoms with Crippen molar-refractivity contribution in [2.45, 2.75) is 0 Å². The van der Waals surface area contributed by atoms with Crippen LogP contribution in [0.1, 0.15) is 47.0 Å². The summed E-state index contributed by atoms with van der Waals surface area (Å²) in [7, 11) is 0. The molecule has 0 atom stereocenters. The average molecular weight is 464 g/mol. The molecule has 6 heteroatoms. The first-order valence-corrected chi connectivity index (χ1v) is 10.8. The number of hydrogen-bond acceptors (Lipinski definition) is 6. The zero-order chi connectivity index (χ0) is 24.6. The Morgan fingerprint density at radius 1 is 0.514 bits per heavy atom. The lowest BCUT2D eigenvalue weighted by Crippen LogP contribution is -2.17. The Morgan fingerprint density at radius 3 is 1.69 bits per heavy atom. The zero-order valence-corrected chi connectivity index (χ0v) is 18.5. The molecular formula is C29H20O6. The van der Waals surface area contributed by atoms with Gasteiger partial charge in [0, 0.05) is 16.7 Å². The van der Waals surface area contributed by atoms with Crippen molar-refractivity contribution in [3.63, 3.8) is 0 Å². The topological polar surface area (TPSA) is 86.7 Å². The van der Waals surface area contributed by atoms with Crippen molar-refractivity contribution in [3.8, 4) is 5.75 Å². The third-order valence-electron chi connectivity index (χ3n) is 5.16. The van der Waals surface area contributed by atoms with Gasteiger partial charge in [-0.3, -0.25) is 9.59 Å². The van der Waals surface area contributed by atoms with Gasteiger partial charge in [-0.05, 0) is 42.5 Å². The van der Waals surface area contributed by atoms with Gasteiger partial charge in [-0.25, -0.2) is 9.59 Å². The number of hydrogen-bond donors (Lipinski definition) is 0. The van der Waals surface area contributed by atoms with E-state index in [2.05, 4.69) is 0 Å². The Kier molecular flexibility index (Phi) is 7.23. The fourth-order valence-electron chi connectivity index (χ4n) is 3.35. The predicted molar refractivity (Wildman–Crippen MR) is 129 cm³/mol. The second-order valence-corrected chi connectivity index (χ2v) is 7.52. The van der Waals surface area contributed by atoms with E-state index in [-0.39, 0.29) is 28.2 Å². The molecule has 35 heavy (non-hydrogen) atoms. The molecule has 0 unspecified atom stereocenters. The highest BCUT2D eigenvalue weighted by Gasteiger charge is 2.20. The van der Waals surface area contributed by atoms with Gasteiger partial charge in [0.05, 0.1) is 11.1 Å². The Morgan fingerprint density at radius 2 is 1.06 bits per heavy atom. The summed E-state index contributed by atoms with van der Waals surface area (Å²) in [6.07, 6.45) is 0. The Labute approximate surface area is 201 Å². The highest BCUT2D eigenvalue weighted by molar-refractivity contribution is 6.14. The summed E-state index contributed by atoms with van der Waals surface area (Å²) in [5.74, 6) is -1.76. The second-order valence-electron chi connectivity index (χ2n) is 7.52. The molecule has 172 valence electrons. The molecule has 0 heterocycles. The maximum Gasteiger partial charge on any atom is 0.343 e. The molecule has 4 rings (SSSR count). The van der Waals surface area contributed by atoms with E-state index >= 15 is 0 Å². The van der Waals surface area contributed by atoms with Gasteiger partial charge in [-0.15, -0.1) is 0 Å². The van der Waals surface area contributed by atoms with Crippen LogP contribution in [0.15, 0.2) is 109 Å². The van der Waals surface area contributed by atoms with Gasteiger partial charge in [0.15, 0.2) is 18.2 Å². The SMILES string of the molecule is O=C(COC(=O)c1ccccc1C(=O)c1ccccc1)c1ccc(OC(=O)c2ccccc2)cc1. The van der Waals surface area contributed by atoms with Crippen LogP contribution in [0.3, 0.4) is 0 Å². The summed E-state index contributed by atoms with van der Waals surface area (Å²) in [5, 5.41) is 0. The van der Waals surface area contributed by atoms with Gasteiger partial charge in [-0.2, -0.15) is 0 Å². The van der Waals surface area contributed by atoms with E-state index in [4.69, 9.17) is 9.47 Å². The molecule has 0 aliphatic rings. The van der Waals surface area contributed by atoms with Crippen LogP contribution >= 0.6 is 0 Å². The zero-order valence-electron chi connectivity index (χ0n) is 18.5. The third-order valence-corrected chi connectivity index (χ3v) is 5.16. The van der Waals surface area contributed by atoms with Gasteiger partial charge in [0.1, 0.15) is 5.75 Å². The van der Waals surface area contributed by atoms with Crippen molar-refractivity contribution >= 4 is 23.5 Å². The molecule has 0 amide bonds. The quantitative estimate of drug-likeness (QED) is 0.203. The summed E-state index contributed by atoms with van der Waals surface area (Å²) >= 11 is 0. The minimum Gasteiger partial charge on any atom is -0.454 e. The Bertz CT molecular complexity index is 1360. The van der Waals surface area contributed by atoms with Crippen LogP contribution in [0.2, 0.25) is 0 Å². The van der Waals surface area contributed by atoms with Crippen LogP contribution in [-0.4, -0.2) is 30.1 Å². The van der Waals surface area contributed by atoms with Crippen LogP contribution in [0.5, 0.6) is 5.75 Å². The minimum absolute atomic E-state index is 0.0809. The van der Waals surface area contributed by atoms with E-state index in [1.807, 2.05) is 0 Å². The maximum absolute atomic E-state index is 12.8. The smallest absolute Gasteiger partial charge is 0.343 e. The second kappa shape index (κ2) is 10.9. The van der Waals surface area contributed by atoms with Crippen LogP contribution in [0.25, 0.3) is 0 Å². The molecule has 0 bridgehead atoms. The predicted octanol–water partition coefficient (Wildman–Crippen LogP) is 5.18. The molecule has 4 aromatic rings. The highest BCUT2D eigenvalue weighted by atomic mass is 16.5. The number of Topliss-reactive ketones (excluding diaryl/α,β-unsaturated/α-hetero) is 1. The lowest BCUT2D eigenvalue weighted by atomic mass is 9.98. The van der Waals surface area contributed by atoms with Crippen LogP contribution in [0.4, 0.5) is 0 Å². The molecular weight excluding hydrogens is 444 g/mol. The van der Waals surface area contributed by atoms with E-state index in [1.54, 1.807) is 78.9 Å². The minimum atomic E-state index is -0.772. The molecule has 4 aromatic carbocycles. The van der Waals surface area contributed by atoms with Crippen molar-refractivity contribution < 1.29 is 28.7 Å². The summed E-state index contributed by atoms with van der Waals surface area (Å²) in [6.45, 7) is -0.504. The molecule has 0 radical (unpaired) electrons. The maximum atomic E-state index is 12.8. The van der Waals surface area contributed by atoms with Crippen molar-refractivity contribution in [2.24, 2.45) is 0 Å². The molecule has 0 spiro atoms. The largest absolute Gasteiger partial charge is 0.454 e. The van der Waals surface area contributed by atoms with E-state index in [1.165, 1.54) is 30.3 Å². The normalized spacial score (nSPS) is 10.3. The highest BCUT2D eigenvalue weighted by Crippen LogP contribution is 2.17. The molecule has 0 saturated carbocycles. The van der Waals surface area contributed by atoms with Crippen molar-refractivity contribution in [2.75, 3.05) is 6.61 Å². The molecule has 0 aliphatic carbocycles. The van der Waals surface area contributed by atoms with Crippen molar-refractivity contribution in [1.82, 2.24) is 0 Å². The number of rotatable bonds is 8. The van der Waals surface area contributed by atoms with E-state index in [0.29, 0.717) is 11.1 Å². The van der Waals surface area contributed by atoms with Gasteiger partial charge in [0.2, 0.25) is 0 Å². The summed E-state index contributed by atoms with van der Waals surface area (Å²) in [5.41, 5.74) is 1.41. The first-order valence-electron chi connectivity index (χ1n) is 10.8. The number of carbonyl (C=O) groups excluding carboxylic acids is 4. The number of ketones is 2. The molecule has 0 N–H and O–H groups in total. The Balaban J connectivity index is 1.38. The first-order chi connectivity index (χ1) is 17.0. The lowest BCUT2D eigenvalue weighted by Gasteiger charge is -2.09. The average Bonchev–Trinajstić information content (AvgIpc) is 2.92. The molecule has 6 nitrogen and oxygen atoms in total. The third kappa shape index (κ3) is 5.75. The molecule has 0 saturated heterocycles. The van der Waals surface area contributed by atoms with Crippen LogP contribution in [-0.2, 0) is 4.74 Å². The van der Waals surface area contributed by atoms with E-state index in [0.717, 1.165) is 0 Å². The number of benzene rings is 4. The summed E-state index contributed by atoms with van der Waals surface area (Å²) in [6, 6.07) is 29.4.